The molecule has 11 heavy (non-hydrogen) atoms. The molecule has 0 heterocycles. The molecule has 0 atom stereocenters. The van der Waals surface area contributed by atoms with E-state index in [0.29, 0.717) is 5.75 Å². The highest BCUT2D eigenvalue weighted by molar-refractivity contribution is 5.31. The van der Waals surface area contributed by atoms with Crippen molar-refractivity contribution in [1.82, 2.24) is 0 Å². The Hall–Kier alpha value is -1.69. The largest absolute Gasteiger partial charge is 0.508 e. The molecule has 0 aliphatic heterocycles. The zero-order valence-electron chi connectivity index (χ0n) is 5.82. The molecule has 1 aromatic carbocycles. The molecular weight excluding hydrogens is 142 g/mol. The maximum Gasteiger partial charge on any atom is 0.174 e. The number of hydrogen-bond acceptors (Lipinski definition) is 3. The molecule has 0 fully saturated rings. The van der Waals surface area contributed by atoms with Crippen molar-refractivity contribution in [2.24, 2.45) is 0 Å². The third-order valence-electron chi connectivity index (χ3n) is 1.12. The predicted octanol–water partition coefficient (Wildman–Crippen LogP) is 1.29. The standard InChI is InChI=1S/C8H7NO2/c9-4-5-11-8-3-1-2-7(10)6-8/h1-3,6,10H,5H2. The van der Waals surface area contributed by atoms with Crippen LogP contribution in [-0.4, -0.2) is 11.7 Å². The Bertz CT molecular complexity index is 278. The van der Waals surface area contributed by atoms with E-state index < -0.39 is 0 Å². The van der Waals surface area contributed by atoms with Crippen LogP contribution in [0.1, 0.15) is 0 Å². The van der Waals surface area contributed by atoms with Crippen LogP contribution in [0.3, 0.4) is 0 Å². The molecule has 56 valence electrons. The minimum atomic E-state index is 0.00343. The molecule has 0 amide bonds. The Morgan fingerprint density at radius 1 is 1.55 bits per heavy atom. The summed E-state index contributed by atoms with van der Waals surface area (Å²) in [6.45, 7) is 0.00343. The second-order valence-electron chi connectivity index (χ2n) is 1.94. The molecule has 1 rings (SSSR count). The lowest BCUT2D eigenvalue weighted by atomic mass is 10.3. The quantitative estimate of drug-likeness (QED) is 0.689. The number of benzene rings is 1. The number of phenols is 1. The maximum absolute atomic E-state index is 8.95. The normalized spacial score (nSPS) is 8.64. The topological polar surface area (TPSA) is 53.2 Å². The van der Waals surface area contributed by atoms with Gasteiger partial charge in [0, 0.05) is 6.07 Å². The summed E-state index contributed by atoms with van der Waals surface area (Å²) in [6.07, 6.45) is 0. The van der Waals surface area contributed by atoms with Crippen LogP contribution >= 0.6 is 0 Å². The lowest BCUT2D eigenvalue weighted by Crippen LogP contribution is -1.92. The van der Waals surface area contributed by atoms with Gasteiger partial charge in [-0.3, -0.25) is 0 Å². The van der Waals surface area contributed by atoms with E-state index >= 15 is 0 Å². The Kier molecular flexibility index (Phi) is 2.34. The number of phenolic OH excluding ortho intramolecular Hbond substituents is 1. The summed E-state index contributed by atoms with van der Waals surface area (Å²) >= 11 is 0. The van der Waals surface area contributed by atoms with Crippen LogP contribution in [0.2, 0.25) is 0 Å². The van der Waals surface area contributed by atoms with Crippen LogP contribution in [0.5, 0.6) is 11.5 Å². The highest BCUT2D eigenvalue weighted by Gasteiger charge is 1.92. The fourth-order valence-corrected chi connectivity index (χ4v) is 0.689. The monoisotopic (exact) mass is 149 g/mol. The first-order valence-corrected chi connectivity index (χ1v) is 3.11. The molecule has 1 aromatic rings. The first-order valence-electron chi connectivity index (χ1n) is 3.11. The van der Waals surface area contributed by atoms with E-state index in [1.165, 1.54) is 6.07 Å². The highest BCUT2D eigenvalue weighted by Crippen LogP contribution is 2.16. The van der Waals surface area contributed by atoms with Crippen molar-refractivity contribution in [3.63, 3.8) is 0 Å². The van der Waals surface area contributed by atoms with Gasteiger partial charge < -0.3 is 9.84 Å². The molecule has 0 radical (unpaired) electrons. The fourth-order valence-electron chi connectivity index (χ4n) is 0.689. The average molecular weight is 149 g/mol. The van der Waals surface area contributed by atoms with Gasteiger partial charge in [0.2, 0.25) is 0 Å². The molecule has 0 spiro atoms. The van der Waals surface area contributed by atoms with Crippen molar-refractivity contribution in [2.45, 2.75) is 0 Å². The molecule has 3 nitrogen and oxygen atoms in total. The molecule has 0 saturated heterocycles. The van der Waals surface area contributed by atoms with Crippen molar-refractivity contribution < 1.29 is 9.84 Å². The van der Waals surface area contributed by atoms with Crippen molar-refractivity contribution in [1.29, 1.82) is 5.26 Å². The number of nitriles is 1. The summed E-state index contributed by atoms with van der Waals surface area (Å²) < 4.78 is 4.91. The summed E-state index contributed by atoms with van der Waals surface area (Å²) in [5.74, 6) is 0.645. The maximum atomic E-state index is 8.95. The molecule has 0 aliphatic rings. The van der Waals surface area contributed by atoms with E-state index in [1.54, 1.807) is 18.2 Å². The number of rotatable bonds is 2. The Labute approximate surface area is 64.5 Å². The van der Waals surface area contributed by atoms with Gasteiger partial charge in [-0.1, -0.05) is 6.07 Å². The molecule has 0 aromatic heterocycles. The summed E-state index contributed by atoms with van der Waals surface area (Å²) in [4.78, 5) is 0. The number of hydrogen-bond donors (Lipinski definition) is 1. The van der Waals surface area contributed by atoms with E-state index in [-0.39, 0.29) is 12.4 Å². The SMILES string of the molecule is N#CCOc1cccc(O)c1. The molecule has 0 aliphatic carbocycles. The van der Waals surface area contributed by atoms with Gasteiger partial charge in [-0.15, -0.1) is 0 Å². The smallest absolute Gasteiger partial charge is 0.174 e. The van der Waals surface area contributed by atoms with Gasteiger partial charge >= 0.3 is 0 Å². The molecule has 1 N–H and O–H groups in total. The van der Waals surface area contributed by atoms with Gasteiger partial charge in [0.1, 0.15) is 17.6 Å². The number of ether oxygens (including phenoxy) is 1. The second kappa shape index (κ2) is 3.47. The molecule has 0 bridgehead atoms. The number of aromatic hydroxyl groups is 1. The van der Waals surface area contributed by atoms with Crippen molar-refractivity contribution >= 4 is 0 Å². The third-order valence-corrected chi connectivity index (χ3v) is 1.12. The summed E-state index contributed by atoms with van der Waals surface area (Å²) in [6, 6.07) is 8.16. The lowest BCUT2D eigenvalue weighted by Gasteiger charge is -1.99. The van der Waals surface area contributed by atoms with Gasteiger partial charge in [0.15, 0.2) is 6.61 Å². The molecule has 0 saturated carbocycles. The van der Waals surface area contributed by atoms with Gasteiger partial charge in [-0.25, -0.2) is 0 Å². The average Bonchev–Trinajstić information content (AvgIpc) is 2.01. The van der Waals surface area contributed by atoms with E-state index in [4.69, 9.17) is 15.1 Å². The minimum absolute atomic E-state index is 0.00343. The van der Waals surface area contributed by atoms with E-state index in [9.17, 15) is 0 Å². The van der Waals surface area contributed by atoms with Gasteiger partial charge in [-0.05, 0) is 12.1 Å². The van der Waals surface area contributed by atoms with Crippen LogP contribution in [-0.2, 0) is 0 Å². The lowest BCUT2D eigenvalue weighted by molar-refractivity contribution is 0.364. The zero-order valence-corrected chi connectivity index (χ0v) is 5.82. The Balaban J connectivity index is 2.65. The van der Waals surface area contributed by atoms with Crippen LogP contribution in [0.4, 0.5) is 0 Å². The van der Waals surface area contributed by atoms with Crippen LogP contribution in [0, 0.1) is 11.3 Å². The Morgan fingerprint density at radius 2 is 2.36 bits per heavy atom. The summed E-state index contributed by atoms with van der Waals surface area (Å²) in [5, 5.41) is 17.1. The fraction of sp³-hybridized carbons (Fsp3) is 0.125. The van der Waals surface area contributed by atoms with Crippen LogP contribution in [0.15, 0.2) is 24.3 Å². The first-order chi connectivity index (χ1) is 5.33. The summed E-state index contributed by atoms with van der Waals surface area (Å²) in [5.41, 5.74) is 0. The van der Waals surface area contributed by atoms with E-state index in [1.807, 2.05) is 6.07 Å². The first kappa shape index (κ1) is 7.42. The summed E-state index contributed by atoms with van der Waals surface area (Å²) in [7, 11) is 0. The molecule has 0 unspecified atom stereocenters. The van der Waals surface area contributed by atoms with Crippen molar-refractivity contribution in [2.75, 3.05) is 6.61 Å². The highest BCUT2D eigenvalue weighted by atomic mass is 16.5. The predicted molar refractivity (Wildman–Crippen MR) is 39.2 cm³/mol. The van der Waals surface area contributed by atoms with Crippen LogP contribution < -0.4 is 4.74 Å². The minimum Gasteiger partial charge on any atom is -0.508 e. The van der Waals surface area contributed by atoms with Crippen LogP contribution in [0.25, 0.3) is 0 Å². The third kappa shape index (κ3) is 2.18. The van der Waals surface area contributed by atoms with E-state index in [2.05, 4.69) is 0 Å². The van der Waals surface area contributed by atoms with Gasteiger partial charge in [0.05, 0.1) is 0 Å². The second-order valence-corrected chi connectivity index (χ2v) is 1.94. The van der Waals surface area contributed by atoms with Crippen molar-refractivity contribution in [3.8, 4) is 17.6 Å². The molecule has 3 heteroatoms. The number of nitrogens with zero attached hydrogens (tertiary/aromatic N) is 1. The van der Waals surface area contributed by atoms with Gasteiger partial charge in [-0.2, -0.15) is 5.26 Å². The van der Waals surface area contributed by atoms with E-state index in [0.717, 1.165) is 0 Å². The Morgan fingerprint density at radius 3 is 3.00 bits per heavy atom. The molecular formula is C8H7NO2. The zero-order chi connectivity index (χ0) is 8.10. The van der Waals surface area contributed by atoms with Crippen molar-refractivity contribution in [3.05, 3.63) is 24.3 Å². The van der Waals surface area contributed by atoms with Gasteiger partial charge in [0.25, 0.3) is 0 Å².